The molecule has 8 atom stereocenters. The molecule has 0 aromatic heterocycles. The summed E-state index contributed by atoms with van der Waals surface area (Å²) in [6, 6.07) is 7.01. The Bertz CT molecular complexity index is 1400. The van der Waals surface area contributed by atoms with E-state index in [9.17, 15) is 24.3 Å². The first-order valence-electron chi connectivity index (χ1n) is 17.6. The highest BCUT2D eigenvalue weighted by molar-refractivity contribution is 5.98. The first-order chi connectivity index (χ1) is 23.0. The van der Waals surface area contributed by atoms with E-state index in [1.807, 2.05) is 51.1 Å². The van der Waals surface area contributed by atoms with E-state index in [1.54, 1.807) is 35.9 Å². The van der Waals surface area contributed by atoms with Gasteiger partial charge in [-0.05, 0) is 64.4 Å². The molecule has 3 aliphatic rings. The van der Waals surface area contributed by atoms with Crippen molar-refractivity contribution in [3.63, 3.8) is 0 Å². The van der Waals surface area contributed by atoms with Crippen LogP contribution in [0.25, 0.3) is 0 Å². The fourth-order valence-electron chi connectivity index (χ4n) is 8.63. The Morgan fingerprint density at radius 3 is 2.35 bits per heavy atom. The molecule has 10 heteroatoms. The SMILES string of the molecule is C=CCCC(=O)N(C)[C@H](C)[C@H](OC(=O)[C@@H]1[C@@H]2CC[C@]3(O2)[C@H](C(=O)N(CC=C)C(C)(C)CC(C)(C)C)N([C@H](C)CO)C(=O)[C@@H]13)c1ccccc1. The monoisotopic (exact) mass is 679 g/mol. The van der Waals surface area contributed by atoms with Crippen LogP contribution in [0.5, 0.6) is 0 Å². The number of aliphatic hydroxyl groups excluding tert-OH is 1. The zero-order valence-corrected chi connectivity index (χ0v) is 30.7. The second-order valence-electron chi connectivity index (χ2n) is 16.0. The molecule has 0 aliphatic carbocycles. The summed E-state index contributed by atoms with van der Waals surface area (Å²) in [5.74, 6) is -3.29. The van der Waals surface area contributed by atoms with Crippen LogP contribution in [0.4, 0.5) is 0 Å². The predicted octanol–water partition coefficient (Wildman–Crippen LogP) is 5.07. The maximum absolute atomic E-state index is 14.9. The molecule has 49 heavy (non-hydrogen) atoms. The molecular formula is C39H57N3O7. The van der Waals surface area contributed by atoms with Gasteiger partial charge in [0.1, 0.15) is 17.7 Å². The second-order valence-corrected chi connectivity index (χ2v) is 16.0. The van der Waals surface area contributed by atoms with Crippen LogP contribution >= 0.6 is 0 Å². The maximum atomic E-state index is 14.9. The molecule has 1 aromatic rings. The van der Waals surface area contributed by atoms with Gasteiger partial charge in [0.15, 0.2) is 0 Å². The summed E-state index contributed by atoms with van der Waals surface area (Å²) in [7, 11) is 1.69. The Morgan fingerprint density at radius 1 is 1.12 bits per heavy atom. The number of nitrogens with zero attached hydrogens (tertiary/aromatic N) is 3. The minimum atomic E-state index is -1.26. The van der Waals surface area contributed by atoms with Crippen LogP contribution in [-0.4, -0.2) is 99.1 Å². The normalized spacial score (nSPS) is 26.5. The van der Waals surface area contributed by atoms with Gasteiger partial charge < -0.3 is 29.3 Å². The molecule has 3 aliphatic heterocycles. The molecule has 2 bridgehead atoms. The number of amides is 3. The summed E-state index contributed by atoms with van der Waals surface area (Å²) in [5.41, 5.74) is -1.23. The Kier molecular flexibility index (Phi) is 11.5. The van der Waals surface area contributed by atoms with E-state index in [0.29, 0.717) is 31.2 Å². The van der Waals surface area contributed by atoms with Crippen molar-refractivity contribution in [2.24, 2.45) is 17.3 Å². The summed E-state index contributed by atoms with van der Waals surface area (Å²) < 4.78 is 13.0. The van der Waals surface area contributed by atoms with Gasteiger partial charge in [-0.15, -0.1) is 13.2 Å². The average molecular weight is 680 g/mol. The molecule has 1 N–H and O–H groups in total. The number of hydrogen-bond donors (Lipinski definition) is 1. The molecule has 3 amide bonds. The number of likely N-dealkylation sites (tertiary alicyclic amines) is 1. The largest absolute Gasteiger partial charge is 0.455 e. The van der Waals surface area contributed by atoms with Crippen molar-refractivity contribution in [2.45, 2.75) is 122 Å². The number of carbonyl (C=O) groups is 4. The number of likely N-dealkylation sites (N-methyl/N-ethyl adjacent to an activating group) is 1. The zero-order valence-electron chi connectivity index (χ0n) is 30.7. The van der Waals surface area contributed by atoms with E-state index >= 15 is 0 Å². The number of esters is 1. The van der Waals surface area contributed by atoms with Crippen LogP contribution in [0.15, 0.2) is 55.6 Å². The topological polar surface area (TPSA) is 117 Å². The molecule has 10 nitrogen and oxygen atoms in total. The van der Waals surface area contributed by atoms with Gasteiger partial charge in [0.05, 0.1) is 36.6 Å². The third-order valence-electron chi connectivity index (χ3n) is 10.6. The highest BCUT2D eigenvalue weighted by Crippen LogP contribution is 2.59. The standard InChI is InChI=1S/C39H57N3O7/c1-11-13-19-29(44)40(10)26(4)32(27-17-15-14-16-18-27)48-36(47)30-28-20-21-39(49-28)31(30)34(45)42(25(3)23-43)33(39)35(46)41(22-12-2)38(8,9)24-37(5,6)7/h11-12,14-18,25-26,28,30-33,43H,1-2,13,19-24H2,3-10H3/t25-,26-,28+,30-,31-,32+,33+,39-/m1/s1. The van der Waals surface area contributed by atoms with Gasteiger partial charge in [-0.25, -0.2) is 0 Å². The Morgan fingerprint density at radius 2 is 1.78 bits per heavy atom. The molecule has 4 rings (SSSR count). The lowest BCUT2D eigenvalue weighted by molar-refractivity contribution is -0.165. The molecule has 3 fully saturated rings. The van der Waals surface area contributed by atoms with Crippen molar-refractivity contribution in [1.82, 2.24) is 14.7 Å². The minimum Gasteiger partial charge on any atom is -0.455 e. The van der Waals surface area contributed by atoms with Crippen LogP contribution in [0, 0.1) is 17.3 Å². The number of aliphatic hydroxyl groups is 1. The predicted molar refractivity (Wildman–Crippen MR) is 188 cm³/mol. The number of carbonyl (C=O) groups excluding carboxylic acids is 4. The Hall–Kier alpha value is -3.50. The van der Waals surface area contributed by atoms with Crippen LogP contribution in [-0.2, 0) is 28.7 Å². The van der Waals surface area contributed by atoms with Gasteiger partial charge in [0, 0.05) is 25.6 Å². The Labute approximate surface area is 292 Å². The van der Waals surface area contributed by atoms with E-state index in [-0.39, 0.29) is 36.8 Å². The summed E-state index contributed by atoms with van der Waals surface area (Å²) in [6.07, 6.45) is 4.34. The molecule has 0 saturated carbocycles. The van der Waals surface area contributed by atoms with Gasteiger partial charge in [-0.2, -0.15) is 0 Å². The van der Waals surface area contributed by atoms with E-state index in [2.05, 4.69) is 33.9 Å². The fourth-order valence-corrected chi connectivity index (χ4v) is 8.63. The number of ether oxygens (including phenoxy) is 2. The summed E-state index contributed by atoms with van der Waals surface area (Å²) in [5, 5.41) is 10.3. The minimum absolute atomic E-state index is 0.0957. The summed E-state index contributed by atoms with van der Waals surface area (Å²) in [4.78, 5) is 61.6. The van der Waals surface area contributed by atoms with Gasteiger partial charge in [0.2, 0.25) is 17.7 Å². The van der Waals surface area contributed by atoms with Crippen LogP contribution in [0.2, 0.25) is 0 Å². The van der Waals surface area contributed by atoms with Crippen molar-refractivity contribution < 1.29 is 33.8 Å². The van der Waals surface area contributed by atoms with Crippen LogP contribution < -0.4 is 0 Å². The molecular weight excluding hydrogens is 622 g/mol. The third-order valence-corrected chi connectivity index (χ3v) is 10.6. The molecule has 0 radical (unpaired) electrons. The summed E-state index contributed by atoms with van der Waals surface area (Å²) >= 11 is 0. The zero-order chi connectivity index (χ0) is 36.5. The van der Waals surface area contributed by atoms with Gasteiger partial charge >= 0.3 is 5.97 Å². The van der Waals surface area contributed by atoms with Crippen LogP contribution in [0.1, 0.15) is 92.2 Å². The smallest absolute Gasteiger partial charge is 0.313 e. The lowest BCUT2D eigenvalue weighted by atomic mass is 9.70. The number of hydrogen-bond acceptors (Lipinski definition) is 7. The molecule has 3 heterocycles. The van der Waals surface area contributed by atoms with E-state index in [1.165, 1.54) is 4.90 Å². The Balaban J connectivity index is 1.72. The molecule has 3 saturated heterocycles. The van der Waals surface area contributed by atoms with Crippen LogP contribution in [0.3, 0.4) is 0 Å². The lowest BCUT2D eigenvalue weighted by Crippen LogP contribution is -2.62. The van der Waals surface area contributed by atoms with Gasteiger partial charge in [-0.3, -0.25) is 19.2 Å². The summed E-state index contributed by atoms with van der Waals surface area (Å²) in [6.45, 7) is 21.5. The first kappa shape index (κ1) is 38.3. The molecule has 1 spiro atoms. The quantitative estimate of drug-likeness (QED) is 0.203. The molecule has 1 aromatic carbocycles. The van der Waals surface area contributed by atoms with E-state index in [4.69, 9.17) is 9.47 Å². The molecule has 270 valence electrons. The maximum Gasteiger partial charge on any atom is 0.313 e. The van der Waals surface area contributed by atoms with E-state index in [0.717, 1.165) is 0 Å². The highest BCUT2D eigenvalue weighted by Gasteiger charge is 2.75. The number of benzene rings is 1. The van der Waals surface area contributed by atoms with E-state index < -0.39 is 65.2 Å². The lowest BCUT2D eigenvalue weighted by Gasteiger charge is -2.46. The molecule has 0 unspecified atom stereocenters. The third kappa shape index (κ3) is 7.36. The number of fused-ring (bicyclic) bond motifs is 1. The highest BCUT2D eigenvalue weighted by atomic mass is 16.6. The first-order valence-corrected chi connectivity index (χ1v) is 17.6. The van der Waals surface area contributed by atoms with Crippen molar-refractivity contribution in [3.05, 3.63) is 61.2 Å². The van der Waals surface area contributed by atoms with Crippen molar-refractivity contribution in [2.75, 3.05) is 20.2 Å². The fraction of sp³-hybridized carbons (Fsp3) is 0.641. The number of rotatable bonds is 15. The van der Waals surface area contributed by atoms with Gasteiger partial charge in [0.25, 0.3) is 0 Å². The van der Waals surface area contributed by atoms with Crippen molar-refractivity contribution in [3.8, 4) is 0 Å². The number of allylic oxidation sites excluding steroid dienone is 1. The van der Waals surface area contributed by atoms with Crippen molar-refractivity contribution >= 4 is 23.7 Å². The second kappa shape index (κ2) is 14.8. The van der Waals surface area contributed by atoms with Crippen molar-refractivity contribution in [1.29, 1.82) is 0 Å². The van der Waals surface area contributed by atoms with Gasteiger partial charge in [-0.1, -0.05) is 63.3 Å². The average Bonchev–Trinajstić information content (AvgIpc) is 3.70.